The van der Waals surface area contributed by atoms with E-state index in [1.165, 1.54) is 102 Å². The van der Waals surface area contributed by atoms with Gasteiger partial charge in [0.25, 0.3) is 0 Å². The van der Waals surface area contributed by atoms with Gasteiger partial charge >= 0.3 is 6.85 Å². The first-order valence-electron chi connectivity index (χ1n) is 15.5. The van der Waals surface area contributed by atoms with Crippen LogP contribution in [0.2, 0.25) is 0 Å². The van der Waals surface area contributed by atoms with Crippen LogP contribution in [0.3, 0.4) is 0 Å². The van der Waals surface area contributed by atoms with E-state index in [9.17, 15) is 0 Å². The van der Waals surface area contributed by atoms with Crippen molar-refractivity contribution in [2.75, 3.05) is 4.81 Å². The zero-order valence-corrected chi connectivity index (χ0v) is 25.5. The van der Waals surface area contributed by atoms with Gasteiger partial charge in [-0.05, 0) is 63.7 Å². The van der Waals surface area contributed by atoms with Crippen molar-refractivity contribution < 1.29 is 0 Å². The lowest BCUT2D eigenvalue weighted by atomic mass is 9.43. The van der Waals surface area contributed by atoms with Crippen LogP contribution in [-0.2, 0) is 0 Å². The molecule has 0 bridgehead atoms. The van der Waals surface area contributed by atoms with Crippen molar-refractivity contribution in [2.24, 2.45) is 0 Å². The summed E-state index contributed by atoms with van der Waals surface area (Å²) in [5, 5.41) is 8.01. The van der Waals surface area contributed by atoms with Crippen molar-refractivity contribution >= 4 is 105 Å². The summed E-state index contributed by atoms with van der Waals surface area (Å²) in [4.78, 5) is 5.33. The second-order valence-corrected chi connectivity index (χ2v) is 14.6. The quantitative estimate of drug-likeness (QED) is 0.159. The molecule has 3 aliphatic rings. The van der Waals surface area contributed by atoms with Crippen molar-refractivity contribution in [3.63, 3.8) is 0 Å². The van der Waals surface area contributed by atoms with E-state index < -0.39 is 0 Å². The predicted molar refractivity (Wildman–Crippen MR) is 194 cm³/mol. The fourth-order valence-corrected chi connectivity index (χ4v) is 10.9. The summed E-state index contributed by atoms with van der Waals surface area (Å²) in [5.41, 5.74) is 12.1. The molecule has 0 saturated heterocycles. The van der Waals surface area contributed by atoms with E-state index >= 15 is 0 Å². The number of aromatic nitrogens is 1. The number of benzene rings is 7. The molecule has 0 amide bonds. The summed E-state index contributed by atoms with van der Waals surface area (Å²) >= 11 is 3.83. The highest BCUT2D eigenvalue weighted by atomic mass is 32.2. The van der Waals surface area contributed by atoms with Gasteiger partial charge in [0.05, 0.1) is 22.4 Å². The summed E-state index contributed by atoms with van der Waals surface area (Å²) in [5.74, 6) is 0. The second-order valence-electron chi connectivity index (χ2n) is 12.4. The largest absolute Gasteiger partial charge is 0.374 e. The van der Waals surface area contributed by atoms with Gasteiger partial charge in [-0.1, -0.05) is 103 Å². The highest BCUT2D eigenvalue weighted by Crippen LogP contribution is 2.56. The third-order valence-electron chi connectivity index (χ3n) is 10.3. The van der Waals surface area contributed by atoms with E-state index in [-0.39, 0.29) is 6.85 Å². The average molecular weight is 605 g/mol. The first kappa shape index (κ1) is 23.4. The van der Waals surface area contributed by atoms with Crippen LogP contribution in [0.15, 0.2) is 137 Å². The van der Waals surface area contributed by atoms with Crippen molar-refractivity contribution in [1.29, 1.82) is 0 Å². The number of thiophene rings is 1. The zero-order valence-electron chi connectivity index (χ0n) is 23.9. The molecule has 0 atom stereocenters. The molecule has 0 fully saturated rings. The number of para-hydroxylation sites is 3. The van der Waals surface area contributed by atoms with E-state index in [4.69, 9.17) is 0 Å². The number of fused-ring (bicyclic) bond motifs is 15. The van der Waals surface area contributed by atoms with Gasteiger partial charge in [0.1, 0.15) is 0 Å². The highest BCUT2D eigenvalue weighted by Gasteiger charge is 2.47. The minimum Gasteiger partial charge on any atom is -0.374 e. The third kappa shape index (κ3) is 2.69. The summed E-state index contributed by atoms with van der Waals surface area (Å²) in [6.45, 7) is 0.0561. The molecule has 0 N–H and O–H groups in total. The van der Waals surface area contributed by atoms with Crippen molar-refractivity contribution in [1.82, 2.24) is 4.57 Å². The molecule has 3 aliphatic heterocycles. The predicted octanol–water partition coefficient (Wildman–Crippen LogP) is 10.0. The number of nitrogens with zero attached hydrogens (tertiary/aromatic N) is 2. The lowest BCUT2D eigenvalue weighted by Crippen LogP contribution is -2.61. The molecule has 9 aromatic rings. The standard InChI is InChI=1S/C40H21BN2S2/c1-2-10-23-22(9-1)19-20-30-35(23)26-13-7-14-28-38(26)42(30)40-36-25-11-3-5-16-31(25)44-34(36)21-27-24-12-8-18-33-39(24)43(41(28)37(27)40)29-15-4-6-17-32(29)45-33/h1-21H. The van der Waals surface area contributed by atoms with Crippen LogP contribution in [0.4, 0.5) is 11.4 Å². The minimum atomic E-state index is 0.0561. The van der Waals surface area contributed by atoms with Crippen LogP contribution in [0.25, 0.3) is 69.6 Å². The number of hydrogen-bond donors (Lipinski definition) is 0. The van der Waals surface area contributed by atoms with E-state index in [1.54, 1.807) is 0 Å². The van der Waals surface area contributed by atoms with Gasteiger partial charge in [-0.2, -0.15) is 0 Å². The first-order valence-corrected chi connectivity index (χ1v) is 17.1. The number of rotatable bonds is 0. The van der Waals surface area contributed by atoms with Gasteiger partial charge in [-0.15, -0.1) is 11.3 Å². The highest BCUT2D eigenvalue weighted by molar-refractivity contribution is 7.99. The van der Waals surface area contributed by atoms with Crippen molar-refractivity contribution in [3.05, 3.63) is 127 Å². The number of hydrogen-bond acceptors (Lipinski definition) is 3. The molecule has 2 aromatic heterocycles. The van der Waals surface area contributed by atoms with Crippen LogP contribution in [-0.4, -0.2) is 11.4 Å². The molecule has 2 nitrogen and oxygen atoms in total. The maximum absolute atomic E-state index is 2.68. The summed E-state index contributed by atoms with van der Waals surface area (Å²) in [6.07, 6.45) is 0. The minimum absolute atomic E-state index is 0.0561. The maximum atomic E-state index is 2.68. The molecular weight excluding hydrogens is 583 g/mol. The SMILES string of the molecule is c1ccc2c(c1)Sc1cccc3c1N2B1c2c-3cc3sc4ccccc4c3c2-n2c3ccc4ccccc4c3c3cccc1c32. The summed E-state index contributed by atoms with van der Waals surface area (Å²) in [7, 11) is 0. The van der Waals surface area contributed by atoms with Gasteiger partial charge in [-0.25, -0.2) is 0 Å². The monoisotopic (exact) mass is 604 g/mol. The average Bonchev–Trinajstić information content (AvgIpc) is 3.64. The smallest absolute Gasteiger partial charge is 0.333 e. The van der Waals surface area contributed by atoms with Gasteiger partial charge in [0.15, 0.2) is 0 Å². The molecule has 45 heavy (non-hydrogen) atoms. The molecule has 0 radical (unpaired) electrons. The lowest BCUT2D eigenvalue weighted by Gasteiger charge is -2.45. The molecule has 0 aliphatic carbocycles. The zero-order chi connectivity index (χ0) is 29.0. The first-order chi connectivity index (χ1) is 22.3. The maximum Gasteiger partial charge on any atom is 0.333 e. The van der Waals surface area contributed by atoms with Gasteiger partial charge in [-0.3, -0.25) is 0 Å². The Morgan fingerprint density at radius 3 is 2.33 bits per heavy atom. The fraction of sp³-hybridized carbons (Fsp3) is 0. The molecule has 0 unspecified atom stereocenters. The Hall–Kier alpha value is -4.97. The summed E-state index contributed by atoms with van der Waals surface area (Å²) in [6, 6.07) is 48.0. The van der Waals surface area contributed by atoms with Crippen LogP contribution in [0, 0.1) is 0 Å². The van der Waals surface area contributed by atoms with Gasteiger partial charge in [0.2, 0.25) is 0 Å². The van der Waals surface area contributed by atoms with Crippen LogP contribution < -0.4 is 15.7 Å². The molecule has 12 rings (SSSR count). The molecule has 0 saturated carbocycles. The normalized spacial score (nSPS) is 14.0. The molecule has 0 spiro atoms. The molecule has 206 valence electrons. The second kappa shape index (κ2) is 8.00. The summed E-state index contributed by atoms with van der Waals surface area (Å²) < 4.78 is 5.34. The Labute approximate surface area is 267 Å². The number of anilines is 2. The Kier molecular flexibility index (Phi) is 4.16. The van der Waals surface area contributed by atoms with Crippen LogP contribution in [0.5, 0.6) is 0 Å². The Morgan fingerprint density at radius 1 is 0.556 bits per heavy atom. The van der Waals surface area contributed by atoms with Gasteiger partial charge in [0, 0.05) is 52.0 Å². The van der Waals surface area contributed by atoms with Crippen LogP contribution in [0.1, 0.15) is 0 Å². The van der Waals surface area contributed by atoms with E-state index in [0.717, 1.165) is 0 Å². The molecule has 7 aromatic carbocycles. The van der Waals surface area contributed by atoms with Crippen molar-refractivity contribution in [2.45, 2.75) is 9.79 Å². The van der Waals surface area contributed by atoms with E-state index in [1.807, 2.05) is 23.1 Å². The molecule has 5 heteroatoms. The van der Waals surface area contributed by atoms with E-state index in [0.29, 0.717) is 0 Å². The molecule has 5 heterocycles. The Bertz CT molecular complexity index is 2830. The van der Waals surface area contributed by atoms with Crippen LogP contribution >= 0.6 is 23.1 Å². The Morgan fingerprint density at radius 2 is 1.36 bits per heavy atom. The van der Waals surface area contributed by atoms with E-state index in [2.05, 4.69) is 137 Å². The molecular formula is C40H21BN2S2. The third-order valence-corrected chi connectivity index (χ3v) is 12.5. The fourth-order valence-electron chi connectivity index (χ4n) is 8.67. The Balaban J connectivity index is 1.38. The van der Waals surface area contributed by atoms with Gasteiger partial charge < -0.3 is 9.38 Å². The topological polar surface area (TPSA) is 8.17 Å². The lowest BCUT2D eigenvalue weighted by molar-refractivity contribution is 1.18. The van der Waals surface area contributed by atoms with Crippen molar-refractivity contribution in [3.8, 4) is 16.8 Å².